The van der Waals surface area contributed by atoms with Crippen molar-refractivity contribution in [2.24, 2.45) is 0 Å². The number of piperidine rings is 1. The van der Waals surface area contributed by atoms with E-state index in [1.54, 1.807) is 12.0 Å². The van der Waals surface area contributed by atoms with Crippen LogP contribution in [0.2, 0.25) is 0 Å². The number of hydrogen-bond acceptors (Lipinski definition) is 3. The SMILES string of the molecule is COc1cccc(C[NH+]2CCC3(CC2)OCCO3)c1. The zero-order valence-corrected chi connectivity index (χ0v) is 11.5. The van der Waals surface area contributed by atoms with Gasteiger partial charge in [-0.1, -0.05) is 12.1 Å². The molecule has 2 aliphatic rings. The summed E-state index contributed by atoms with van der Waals surface area (Å²) in [6, 6.07) is 8.34. The molecule has 1 spiro atoms. The minimum absolute atomic E-state index is 0.252. The van der Waals surface area contributed by atoms with Crippen LogP contribution in [0.25, 0.3) is 0 Å². The summed E-state index contributed by atoms with van der Waals surface area (Å²) in [6.45, 7) is 4.78. The van der Waals surface area contributed by atoms with Crippen molar-refractivity contribution in [2.45, 2.75) is 25.2 Å². The summed E-state index contributed by atoms with van der Waals surface area (Å²) >= 11 is 0. The van der Waals surface area contributed by atoms with Crippen molar-refractivity contribution in [2.75, 3.05) is 33.4 Å². The number of likely N-dealkylation sites (tertiary alicyclic amines) is 1. The van der Waals surface area contributed by atoms with Gasteiger partial charge in [-0.25, -0.2) is 0 Å². The first-order valence-electron chi connectivity index (χ1n) is 7.04. The number of benzene rings is 1. The van der Waals surface area contributed by atoms with Gasteiger partial charge in [0, 0.05) is 5.56 Å². The highest BCUT2D eigenvalue weighted by Crippen LogP contribution is 2.27. The van der Waals surface area contributed by atoms with E-state index in [2.05, 4.69) is 18.2 Å². The molecule has 4 heteroatoms. The summed E-state index contributed by atoms with van der Waals surface area (Å²) in [4.78, 5) is 1.60. The van der Waals surface area contributed by atoms with Gasteiger partial charge in [0.1, 0.15) is 12.3 Å². The van der Waals surface area contributed by atoms with Crippen molar-refractivity contribution in [1.29, 1.82) is 0 Å². The Morgan fingerprint density at radius 3 is 2.63 bits per heavy atom. The Balaban J connectivity index is 1.56. The maximum atomic E-state index is 5.76. The minimum Gasteiger partial charge on any atom is -0.497 e. The Bertz CT molecular complexity index is 419. The van der Waals surface area contributed by atoms with Crippen LogP contribution < -0.4 is 9.64 Å². The minimum atomic E-state index is -0.252. The maximum absolute atomic E-state index is 5.76. The predicted molar refractivity (Wildman–Crippen MR) is 71.3 cm³/mol. The molecule has 0 saturated carbocycles. The van der Waals surface area contributed by atoms with Gasteiger partial charge >= 0.3 is 0 Å². The Hall–Kier alpha value is -1.10. The quantitative estimate of drug-likeness (QED) is 0.868. The third-order valence-electron chi connectivity index (χ3n) is 4.12. The van der Waals surface area contributed by atoms with Crippen molar-refractivity contribution < 1.29 is 19.1 Å². The average Bonchev–Trinajstić information content (AvgIpc) is 2.90. The summed E-state index contributed by atoms with van der Waals surface area (Å²) in [6.07, 6.45) is 2.01. The van der Waals surface area contributed by atoms with Crippen molar-refractivity contribution in [3.63, 3.8) is 0 Å². The fourth-order valence-electron chi connectivity index (χ4n) is 3.02. The molecule has 1 aromatic rings. The van der Waals surface area contributed by atoms with Gasteiger partial charge < -0.3 is 19.1 Å². The third-order valence-corrected chi connectivity index (χ3v) is 4.12. The Kier molecular flexibility index (Phi) is 3.73. The van der Waals surface area contributed by atoms with Crippen molar-refractivity contribution in [3.05, 3.63) is 29.8 Å². The zero-order chi connectivity index (χ0) is 13.1. The fourth-order valence-corrected chi connectivity index (χ4v) is 3.02. The molecular weight excluding hydrogens is 242 g/mol. The van der Waals surface area contributed by atoms with Gasteiger partial charge in [0.25, 0.3) is 0 Å². The Morgan fingerprint density at radius 1 is 1.21 bits per heavy atom. The largest absolute Gasteiger partial charge is 0.497 e. The Labute approximate surface area is 114 Å². The maximum Gasteiger partial charge on any atom is 0.179 e. The van der Waals surface area contributed by atoms with Crippen LogP contribution in [-0.4, -0.2) is 39.2 Å². The number of hydrogen-bond donors (Lipinski definition) is 1. The van der Waals surface area contributed by atoms with Gasteiger partial charge in [0.05, 0.1) is 46.3 Å². The van der Waals surface area contributed by atoms with Crippen LogP contribution in [0.5, 0.6) is 5.75 Å². The van der Waals surface area contributed by atoms with E-state index in [0.29, 0.717) is 0 Å². The summed E-state index contributed by atoms with van der Waals surface area (Å²) in [5.41, 5.74) is 1.33. The molecule has 0 atom stereocenters. The van der Waals surface area contributed by atoms with Gasteiger partial charge in [0.2, 0.25) is 0 Å². The van der Waals surface area contributed by atoms with Crippen LogP contribution in [-0.2, 0) is 16.0 Å². The van der Waals surface area contributed by atoms with Gasteiger partial charge in [-0.15, -0.1) is 0 Å². The summed E-state index contributed by atoms with van der Waals surface area (Å²) in [7, 11) is 1.71. The van der Waals surface area contributed by atoms with E-state index < -0.39 is 0 Å². The first-order chi connectivity index (χ1) is 9.30. The monoisotopic (exact) mass is 264 g/mol. The zero-order valence-electron chi connectivity index (χ0n) is 11.5. The number of nitrogens with one attached hydrogen (secondary N) is 1. The smallest absolute Gasteiger partial charge is 0.179 e. The molecule has 19 heavy (non-hydrogen) atoms. The van der Waals surface area contributed by atoms with Crippen molar-refractivity contribution in [1.82, 2.24) is 0 Å². The molecule has 0 amide bonds. The lowest BCUT2D eigenvalue weighted by Gasteiger charge is -2.35. The van der Waals surface area contributed by atoms with E-state index in [1.807, 2.05) is 6.07 Å². The van der Waals surface area contributed by atoms with E-state index in [-0.39, 0.29) is 5.79 Å². The average molecular weight is 264 g/mol. The highest BCUT2D eigenvalue weighted by atomic mass is 16.7. The summed E-state index contributed by atoms with van der Waals surface area (Å²) < 4.78 is 16.8. The third kappa shape index (κ3) is 2.91. The molecule has 0 aromatic heterocycles. The molecule has 104 valence electrons. The van der Waals surface area contributed by atoms with E-state index in [9.17, 15) is 0 Å². The van der Waals surface area contributed by atoms with Crippen LogP contribution in [0.3, 0.4) is 0 Å². The fraction of sp³-hybridized carbons (Fsp3) is 0.600. The molecule has 0 unspecified atom stereocenters. The van der Waals surface area contributed by atoms with Gasteiger partial charge in [-0.05, 0) is 12.1 Å². The van der Waals surface area contributed by atoms with Gasteiger partial charge in [-0.2, -0.15) is 0 Å². The second-order valence-electron chi connectivity index (χ2n) is 5.39. The van der Waals surface area contributed by atoms with Crippen LogP contribution in [0, 0.1) is 0 Å². The molecule has 2 heterocycles. The molecule has 1 N–H and O–H groups in total. The topological polar surface area (TPSA) is 32.1 Å². The lowest BCUT2D eigenvalue weighted by atomic mass is 10.0. The highest BCUT2D eigenvalue weighted by Gasteiger charge is 2.41. The summed E-state index contributed by atoms with van der Waals surface area (Å²) in [5.74, 6) is 0.686. The first-order valence-corrected chi connectivity index (χ1v) is 7.04. The molecule has 2 fully saturated rings. The predicted octanol–water partition coefficient (Wildman–Crippen LogP) is 0.617. The van der Waals surface area contributed by atoms with E-state index >= 15 is 0 Å². The number of ether oxygens (including phenoxy) is 3. The van der Waals surface area contributed by atoms with Crippen LogP contribution in [0.15, 0.2) is 24.3 Å². The van der Waals surface area contributed by atoms with Crippen LogP contribution >= 0.6 is 0 Å². The molecule has 4 nitrogen and oxygen atoms in total. The molecule has 0 bridgehead atoms. The van der Waals surface area contributed by atoms with E-state index in [4.69, 9.17) is 14.2 Å². The highest BCUT2D eigenvalue weighted by molar-refractivity contribution is 5.27. The molecule has 2 aliphatic heterocycles. The van der Waals surface area contributed by atoms with Gasteiger partial charge in [-0.3, -0.25) is 0 Å². The lowest BCUT2D eigenvalue weighted by Crippen LogP contribution is -3.12. The number of quaternary nitrogens is 1. The van der Waals surface area contributed by atoms with E-state index in [1.165, 1.54) is 5.56 Å². The first kappa shape index (κ1) is 12.9. The van der Waals surface area contributed by atoms with Gasteiger partial charge in [0.15, 0.2) is 5.79 Å². The second-order valence-corrected chi connectivity index (χ2v) is 5.39. The second kappa shape index (κ2) is 5.49. The molecule has 1 aromatic carbocycles. The van der Waals surface area contributed by atoms with Crippen molar-refractivity contribution in [3.8, 4) is 5.75 Å². The molecule has 0 aliphatic carbocycles. The van der Waals surface area contributed by atoms with Crippen LogP contribution in [0.4, 0.5) is 0 Å². The normalized spacial score (nSPS) is 22.8. The number of rotatable bonds is 3. The summed E-state index contributed by atoms with van der Waals surface area (Å²) in [5, 5.41) is 0. The van der Waals surface area contributed by atoms with E-state index in [0.717, 1.165) is 51.4 Å². The van der Waals surface area contributed by atoms with Crippen molar-refractivity contribution >= 4 is 0 Å². The van der Waals surface area contributed by atoms with Crippen LogP contribution in [0.1, 0.15) is 18.4 Å². The lowest BCUT2D eigenvalue weighted by molar-refractivity contribution is -0.922. The molecular formula is C15H22NO3+. The molecule has 3 rings (SSSR count). The Morgan fingerprint density at radius 2 is 1.95 bits per heavy atom. The standard InChI is InChI=1S/C15H21NO3/c1-17-14-4-2-3-13(11-14)12-16-7-5-15(6-8-16)18-9-10-19-15/h2-4,11H,5-10,12H2,1H3/p+1. The molecule has 2 saturated heterocycles. The molecule has 0 radical (unpaired) electrons. The number of methoxy groups -OCH3 is 1.